The van der Waals surface area contributed by atoms with Gasteiger partial charge in [-0.3, -0.25) is 0 Å². The zero-order valence-corrected chi connectivity index (χ0v) is 8.09. The maximum absolute atomic E-state index is 12.6. The number of nitrogens with zero attached hydrogens (tertiary/aromatic N) is 2. The molecule has 3 nitrogen and oxygen atoms in total. The lowest BCUT2D eigenvalue weighted by Gasteiger charge is -1.95. The molecule has 72 valence electrons. The van der Waals surface area contributed by atoms with E-state index in [1.165, 1.54) is 23.7 Å². The molecule has 0 atom stereocenters. The molecule has 0 amide bonds. The molecule has 0 unspecified atom stereocenters. The first-order valence-corrected chi connectivity index (χ1v) is 4.84. The molecule has 0 aliphatic carbocycles. The normalized spacial score (nSPS) is 10.4. The van der Waals surface area contributed by atoms with Crippen LogP contribution in [0.3, 0.4) is 0 Å². The number of halogens is 1. The maximum atomic E-state index is 12.6. The quantitative estimate of drug-likeness (QED) is 0.821. The molecule has 0 fully saturated rings. The Balaban J connectivity index is 2.15. The van der Waals surface area contributed by atoms with Crippen molar-refractivity contribution in [1.29, 1.82) is 0 Å². The van der Waals surface area contributed by atoms with Crippen molar-refractivity contribution in [3.05, 3.63) is 40.7 Å². The molecule has 1 heterocycles. The van der Waals surface area contributed by atoms with E-state index in [2.05, 4.69) is 9.36 Å². The van der Waals surface area contributed by atoms with Gasteiger partial charge in [0.2, 0.25) is 5.95 Å². The van der Waals surface area contributed by atoms with Crippen LogP contribution in [0.1, 0.15) is 10.6 Å². The molecule has 0 bridgehead atoms. The number of nitrogens with two attached hydrogens (primary N) is 1. The van der Waals surface area contributed by atoms with Gasteiger partial charge in [0.15, 0.2) is 0 Å². The minimum Gasteiger partial charge on any atom is -0.367 e. The molecule has 1 aromatic carbocycles. The molecule has 14 heavy (non-hydrogen) atoms. The van der Waals surface area contributed by atoms with Crippen molar-refractivity contribution in [3.8, 4) is 0 Å². The van der Waals surface area contributed by atoms with Crippen molar-refractivity contribution in [2.45, 2.75) is 6.42 Å². The molecule has 0 aliphatic heterocycles. The van der Waals surface area contributed by atoms with E-state index in [0.717, 1.165) is 10.6 Å². The summed E-state index contributed by atoms with van der Waals surface area (Å²) in [7, 11) is 0. The van der Waals surface area contributed by atoms with E-state index in [1.54, 1.807) is 12.1 Å². The summed E-state index contributed by atoms with van der Waals surface area (Å²) in [6.07, 6.45) is 0.648. The Bertz CT molecular complexity index is 424. The first-order valence-electron chi connectivity index (χ1n) is 4.06. The van der Waals surface area contributed by atoms with Gasteiger partial charge in [-0.05, 0) is 29.2 Å². The second-order valence-electron chi connectivity index (χ2n) is 2.85. The lowest BCUT2D eigenvalue weighted by molar-refractivity contribution is 0.627. The van der Waals surface area contributed by atoms with E-state index >= 15 is 0 Å². The monoisotopic (exact) mass is 209 g/mol. The van der Waals surface area contributed by atoms with Gasteiger partial charge in [-0.1, -0.05) is 12.1 Å². The molecule has 0 spiro atoms. The predicted octanol–water partition coefficient (Wildman–Crippen LogP) is 1.85. The fourth-order valence-electron chi connectivity index (χ4n) is 1.12. The van der Waals surface area contributed by atoms with Crippen LogP contribution in [0.4, 0.5) is 10.3 Å². The summed E-state index contributed by atoms with van der Waals surface area (Å²) < 4.78 is 16.4. The zero-order chi connectivity index (χ0) is 9.97. The Morgan fingerprint density at radius 2 is 2.00 bits per heavy atom. The second-order valence-corrected chi connectivity index (χ2v) is 3.69. The highest BCUT2D eigenvalue weighted by molar-refractivity contribution is 7.05. The van der Waals surface area contributed by atoms with Gasteiger partial charge in [0.1, 0.15) is 10.8 Å². The van der Waals surface area contributed by atoms with Gasteiger partial charge in [-0.25, -0.2) is 9.37 Å². The average Bonchev–Trinajstić information content (AvgIpc) is 2.56. The van der Waals surface area contributed by atoms with Crippen LogP contribution in [-0.4, -0.2) is 9.36 Å². The molecular formula is C9H8FN3S. The van der Waals surface area contributed by atoms with Gasteiger partial charge < -0.3 is 5.73 Å². The van der Waals surface area contributed by atoms with Crippen LogP contribution in [-0.2, 0) is 6.42 Å². The van der Waals surface area contributed by atoms with E-state index < -0.39 is 0 Å². The van der Waals surface area contributed by atoms with Crippen LogP contribution >= 0.6 is 11.5 Å². The van der Waals surface area contributed by atoms with Crippen molar-refractivity contribution in [3.63, 3.8) is 0 Å². The predicted molar refractivity (Wildman–Crippen MR) is 53.5 cm³/mol. The highest BCUT2D eigenvalue weighted by atomic mass is 32.1. The molecular weight excluding hydrogens is 201 g/mol. The third kappa shape index (κ3) is 2.05. The van der Waals surface area contributed by atoms with Crippen molar-refractivity contribution < 1.29 is 4.39 Å². The van der Waals surface area contributed by atoms with Gasteiger partial charge in [-0.15, -0.1) is 0 Å². The lowest BCUT2D eigenvalue weighted by Crippen LogP contribution is -1.89. The van der Waals surface area contributed by atoms with Crippen molar-refractivity contribution in [2.24, 2.45) is 0 Å². The average molecular weight is 209 g/mol. The van der Waals surface area contributed by atoms with E-state index in [-0.39, 0.29) is 5.82 Å². The Kier molecular flexibility index (Phi) is 2.41. The van der Waals surface area contributed by atoms with E-state index in [0.29, 0.717) is 12.4 Å². The van der Waals surface area contributed by atoms with Crippen molar-refractivity contribution in [2.75, 3.05) is 5.73 Å². The molecule has 2 N–H and O–H groups in total. The highest BCUT2D eigenvalue weighted by Crippen LogP contribution is 2.12. The van der Waals surface area contributed by atoms with E-state index in [9.17, 15) is 4.39 Å². The van der Waals surface area contributed by atoms with Crippen LogP contribution < -0.4 is 5.73 Å². The number of anilines is 1. The van der Waals surface area contributed by atoms with Crippen LogP contribution in [0.5, 0.6) is 0 Å². The first-order chi connectivity index (χ1) is 6.74. The van der Waals surface area contributed by atoms with Gasteiger partial charge in [0.05, 0.1) is 0 Å². The van der Waals surface area contributed by atoms with Crippen molar-refractivity contribution in [1.82, 2.24) is 9.36 Å². The topological polar surface area (TPSA) is 51.8 Å². The molecule has 2 aromatic rings. The summed E-state index contributed by atoms with van der Waals surface area (Å²) in [5.74, 6) is 0.0673. The number of hydrogen-bond acceptors (Lipinski definition) is 4. The van der Waals surface area contributed by atoms with Gasteiger partial charge >= 0.3 is 0 Å². The summed E-state index contributed by atoms with van der Waals surface area (Å²) in [6, 6.07) is 6.32. The number of rotatable bonds is 2. The van der Waals surface area contributed by atoms with Crippen molar-refractivity contribution >= 4 is 17.5 Å². The molecule has 0 saturated heterocycles. The third-order valence-corrected chi connectivity index (χ3v) is 2.48. The van der Waals surface area contributed by atoms with Crippen LogP contribution in [0.15, 0.2) is 24.3 Å². The second kappa shape index (κ2) is 3.71. The Morgan fingerprint density at radius 1 is 1.29 bits per heavy atom. The highest BCUT2D eigenvalue weighted by Gasteiger charge is 2.02. The Hall–Kier alpha value is -1.49. The van der Waals surface area contributed by atoms with Gasteiger partial charge in [0.25, 0.3) is 0 Å². The smallest absolute Gasteiger partial charge is 0.232 e. The summed E-state index contributed by atoms with van der Waals surface area (Å²) in [4.78, 5) is 4.02. The number of benzene rings is 1. The Morgan fingerprint density at radius 3 is 2.57 bits per heavy atom. The Labute approximate surface area is 84.6 Å². The van der Waals surface area contributed by atoms with Crippen LogP contribution in [0, 0.1) is 5.82 Å². The number of aromatic nitrogens is 2. The lowest BCUT2D eigenvalue weighted by atomic mass is 10.2. The standard InChI is InChI=1S/C9H8FN3S/c10-7-3-1-6(2-4-7)5-8-12-9(11)13-14-8/h1-4H,5H2,(H2,11,13). The minimum absolute atomic E-state index is 0.231. The number of hydrogen-bond donors (Lipinski definition) is 1. The zero-order valence-electron chi connectivity index (χ0n) is 7.27. The van der Waals surface area contributed by atoms with Gasteiger partial charge in [-0.2, -0.15) is 4.37 Å². The van der Waals surface area contributed by atoms with Crippen LogP contribution in [0.2, 0.25) is 0 Å². The minimum atomic E-state index is -0.231. The van der Waals surface area contributed by atoms with E-state index in [4.69, 9.17) is 5.73 Å². The molecule has 0 aliphatic rings. The van der Waals surface area contributed by atoms with Crippen LogP contribution in [0.25, 0.3) is 0 Å². The largest absolute Gasteiger partial charge is 0.367 e. The fourth-order valence-corrected chi connectivity index (χ4v) is 1.72. The molecule has 0 radical (unpaired) electrons. The SMILES string of the molecule is Nc1nsc(Cc2ccc(F)cc2)n1. The molecule has 5 heteroatoms. The molecule has 2 rings (SSSR count). The maximum Gasteiger partial charge on any atom is 0.232 e. The summed E-state index contributed by atoms with van der Waals surface area (Å²) in [6.45, 7) is 0. The third-order valence-electron chi connectivity index (χ3n) is 1.75. The van der Waals surface area contributed by atoms with E-state index in [1.807, 2.05) is 0 Å². The molecule has 0 saturated carbocycles. The number of nitrogen functional groups attached to an aromatic ring is 1. The summed E-state index contributed by atoms with van der Waals surface area (Å²) in [5, 5.41) is 0.842. The summed E-state index contributed by atoms with van der Waals surface area (Å²) >= 11 is 1.27. The molecule has 1 aromatic heterocycles. The van der Waals surface area contributed by atoms with Gasteiger partial charge in [0, 0.05) is 6.42 Å². The summed E-state index contributed by atoms with van der Waals surface area (Å²) in [5.41, 5.74) is 6.39. The fraction of sp³-hybridized carbons (Fsp3) is 0.111. The first kappa shape index (κ1) is 9.08.